The molecule has 2 fully saturated rings. The van der Waals surface area contributed by atoms with Crippen LogP contribution >= 0.6 is 11.3 Å². The highest BCUT2D eigenvalue weighted by molar-refractivity contribution is 7.20. The van der Waals surface area contributed by atoms with Crippen LogP contribution < -0.4 is 15.4 Å². The van der Waals surface area contributed by atoms with Crippen molar-refractivity contribution in [2.75, 3.05) is 11.9 Å². The molecule has 9 nitrogen and oxygen atoms in total. The third kappa shape index (κ3) is 5.79. The lowest BCUT2D eigenvalue weighted by Crippen LogP contribution is -2.55. The Morgan fingerprint density at radius 3 is 2.71 bits per heavy atom. The lowest BCUT2D eigenvalue weighted by molar-refractivity contribution is -0.145. The number of nitrogens with zero attached hydrogens (tertiary/aromatic N) is 2. The largest absolute Gasteiger partial charge is 0.479 e. The molecule has 3 N–H and O–H groups in total. The number of para-hydroxylation sites is 2. The Bertz CT molecular complexity index is 1430. The number of thiazole rings is 1. The van der Waals surface area contributed by atoms with Crippen molar-refractivity contribution >= 4 is 45.0 Å². The van der Waals surface area contributed by atoms with Gasteiger partial charge in [0.25, 0.3) is 5.19 Å². The number of carbonyl (C=O) groups is 3. The van der Waals surface area contributed by atoms with Gasteiger partial charge >= 0.3 is 5.97 Å². The molecule has 0 bridgehead atoms. The van der Waals surface area contributed by atoms with Gasteiger partial charge in [-0.3, -0.25) is 9.59 Å². The van der Waals surface area contributed by atoms with Gasteiger partial charge in [-0.05, 0) is 49.9 Å². The number of benzene rings is 2. The summed E-state index contributed by atoms with van der Waals surface area (Å²) in [5.74, 6) is -1.96. The summed E-state index contributed by atoms with van der Waals surface area (Å²) in [6.45, 7) is 0.212. The van der Waals surface area contributed by atoms with Gasteiger partial charge in [0, 0.05) is 18.0 Å². The number of carboxylic acid groups (broad SMARTS) is 1. The lowest BCUT2D eigenvalue weighted by Gasteiger charge is -2.30. The number of aliphatic carboxylic acids is 1. The molecule has 6 rings (SSSR count). The second-order valence-electron chi connectivity index (χ2n) is 11.1. The van der Waals surface area contributed by atoms with Gasteiger partial charge in [0.05, 0.1) is 16.8 Å². The van der Waals surface area contributed by atoms with Crippen molar-refractivity contribution in [2.45, 2.75) is 68.7 Å². The van der Waals surface area contributed by atoms with E-state index in [0.717, 1.165) is 41.6 Å². The molecule has 0 unspecified atom stereocenters. The van der Waals surface area contributed by atoms with Gasteiger partial charge in [0.2, 0.25) is 11.8 Å². The molecule has 2 amide bonds. The zero-order chi connectivity index (χ0) is 28.4. The van der Waals surface area contributed by atoms with Crippen LogP contribution in [0.25, 0.3) is 10.2 Å². The molecule has 0 spiro atoms. The van der Waals surface area contributed by atoms with E-state index in [1.54, 1.807) is 4.90 Å². The van der Waals surface area contributed by atoms with E-state index < -0.39 is 35.6 Å². The molecule has 3 aliphatic rings. The van der Waals surface area contributed by atoms with Gasteiger partial charge in [-0.15, -0.1) is 0 Å². The summed E-state index contributed by atoms with van der Waals surface area (Å²) in [4.78, 5) is 46.3. The fourth-order valence-electron chi connectivity index (χ4n) is 5.93. The van der Waals surface area contributed by atoms with Crippen LogP contribution in [-0.2, 0) is 14.4 Å². The number of allylic oxidation sites excluding steroid dienone is 1. The summed E-state index contributed by atoms with van der Waals surface area (Å²) in [5, 5.41) is 16.8. The Kier molecular flexibility index (Phi) is 7.66. The van der Waals surface area contributed by atoms with E-state index in [-0.39, 0.29) is 24.8 Å². The van der Waals surface area contributed by atoms with Crippen molar-refractivity contribution in [1.29, 1.82) is 0 Å². The number of carbonyl (C=O) groups excluding carboxylic acids is 2. The highest BCUT2D eigenvalue weighted by Crippen LogP contribution is 2.45. The van der Waals surface area contributed by atoms with E-state index in [9.17, 15) is 19.5 Å². The molecule has 1 aromatic heterocycles. The van der Waals surface area contributed by atoms with E-state index in [4.69, 9.17) is 4.74 Å². The molecule has 1 saturated heterocycles. The molecule has 41 heavy (non-hydrogen) atoms. The molecule has 1 saturated carbocycles. The normalized spacial score (nSPS) is 29.4. The number of fused-ring (bicyclic) bond motifs is 3. The SMILES string of the molecule is O=C1N[C@]2(C(=O)O)C[C@H]2/C=C\CCCCC[C@H](Nc2ccccc2)C(=O)N2C[C@H](Oc3nc4ccccc4s3)C[C@@H]12. The first kappa shape index (κ1) is 27.3. The van der Waals surface area contributed by atoms with Crippen LogP contribution in [-0.4, -0.2) is 63.0 Å². The zero-order valence-electron chi connectivity index (χ0n) is 22.7. The maximum Gasteiger partial charge on any atom is 0.330 e. The predicted octanol–water partition coefficient (Wildman–Crippen LogP) is 4.61. The summed E-state index contributed by atoms with van der Waals surface area (Å²) in [5.41, 5.74) is 0.327. The van der Waals surface area contributed by atoms with Crippen molar-refractivity contribution < 1.29 is 24.2 Å². The van der Waals surface area contributed by atoms with E-state index in [1.807, 2.05) is 66.7 Å². The lowest BCUT2D eigenvalue weighted by atomic mass is 10.0. The molecular weight excluding hydrogens is 540 g/mol. The Hall–Kier alpha value is -3.92. The third-order valence-corrected chi connectivity index (χ3v) is 9.20. The maximum absolute atomic E-state index is 14.1. The summed E-state index contributed by atoms with van der Waals surface area (Å²) in [6, 6.07) is 16.0. The minimum Gasteiger partial charge on any atom is -0.479 e. The Morgan fingerprint density at radius 2 is 1.90 bits per heavy atom. The number of anilines is 1. The van der Waals surface area contributed by atoms with E-state index in [1.165, 1.54) is 11.3 Å². The average molecular weight is 575 g/mol. The minimum atomic E-state index is -1.34. The first-order valence-electron chi connectivity index (χ1n) is 14.3. The minimum absolute atomic E-state index is 0.186. The number of hydrogen-bond acceptors (Lipinski definition) is 7. The Balaban J connectivity index is 1.28. The molecule has 2 aliphatic heterocycles. The molecule has 0 radical (unpaired) electrons. The monoisotopic (exact) mass is 574 g/mol. The third-order valence-electron chi connectivity index (χ3n) is 8.28. The van der Waals surface area contributed by atoms with Gasteiger partial charge in [0.15, 0.2) is 0 Å². The van der Waals surface area contributed by atoms with Crippen molar-refractivity contribution in [1.82, 2.24) is 15.2 Å². The summed E-state index contributed by atoms with van der Waals surface area (Å²) >= 11 is 1.42. The van der Waals surface area contributed by atoms with E-state index in [0.29, 0.717) is 18.0 Å². The molecule has 214 valence electrons. The first-order valence-corrected chi connectivity index (χ1v) is 15.1. The number of carboxylic acids is 1. The predicted molar refractivity (Wildman–Crippen MR) is 157 cm³/mol. The molecule has 10 heteroatoms. The fraction of sp³-hybridized carbons (Fsp3) is 0.419. The number of aromatic nitrogens is 1. The first-order chi connectivity index (χ1) is 19.9. The van der Waals surface area contributed by atoms with Crippen LogP contribution in [0, 0.1) is 5.92 Å². The number of ether oxygens (including phenoxy) is 1. The van der Waals surface area contributed by atoms with Crippen LogP contribution in [0.5, 0.6) is 5.19 Å². The summed E-state index contributed by atoms with van der Waals surface area (Å²) < 4.78 is 7.24. The van der Waals surface area contributed by atoms with Crippen LogP contribution in [0.4, 0.5) is 5.69 Å². The molecule has 2 aromatic carbocycles. The number of hydrogen-bond donors (Lipinski definition) is 3. The second-order valence-corrected chi connectivity index (χ2v) is 12.1. The standard InChI is InChI=1S/C31H34N4O5S/c36-27-25-17-22(40-30-33-23-14-9-10-16-26(23)41-30)19-35(25)28(37)24(32-21-12-6-4-7-13-21)15-8-3-1-2-5-11-20-18-31(20,34-27)29(38)39/h4-7,9-14,16,20,22,24-25,32H,1-3,8,15,17-19H2,(H,34,36)(H,38,39)/b11-5-/t20-,22-,24+,25+,31-/m1/s1. The quantitative estimate of drug-likeness (QED) is 0.381. The second kappa shape index (κ2) is 11.5. The Morgan fingerprint density at radius 1 is 1.10 bits per heavy atom. The highest BCUT2D eigenvalue weighted by atomic mass is 32.1. The maximum atomic E-state index is 14.1. The van der Waals surface area contributed by atoms with Crippen molar-refractivity contribution in [3.63, 3.8) is 0 Å². The van der Waals surface area contributed by atoms with Crippen LogP contribution in [0.15, 0.2) is 66.7 Å². The average Bonchev–Trinajstić information content (AvgIpc) is 3.28. The topological polar surface area (TPSA) is 121 Å². The van der Waals surface area contributed by atoms with Gasteiger partial charge < -0.3 is 25.4 Å². The van der Waals surface area contributed by atoms with Crippen molar-refractivity contribution in [3.8, 4) is 5.19 Å². The molecular formula is C31H34N4O5S. The molecule has 3 heterocycles. The van der Waals surface area contributed by atoms with E-state index >= 15 is 0 Å². The fourth-order valence-corrected chi connectivity index (χ4v) is 6.81. The van der Waals surface area contributed by atoms with Gasteiger partial charge in [-0.2, -0.15) is 0 Å². The number of amides is 2. The van der Waals surface area contributed by atoms with Gasteiger partial charge in [0.1, 0.15) is 23.7 Å². The van der Waals surface area contributed by atoms with Crippen molar-refractivity contribution in [2.24, 2.45) is 5.92 Å². The number of nitrogens with one attached hydrogen (secondary N) is 2. The van der Waals surface area contributed by atoms with Crippen LogP contribution in [0.2, 0.25) is 0 Å². The molecule has 1 aliphatic carbocycles. The molecule has 5 atom stereocenters. The highest BCUT2D eigenvalue weighted by Gasteiger charge is 2.61. The van der Waals surface area contributed by atoms with Gasteiger partial charge in [-0.1, -0.05) is 66.7 Å². The van der Waals surface area contributed by atoms with Crippen LogP contribution in [0.3, 0.4) is 0 Å². The van der Waals surface area contributed by atoms with Crippen molar-refractivity contribution in [3.05, 3.63) is 66.7 Å². The molecule has 3 aromatic rings. The Labute approximate surface area is 242 Å². The zero-order valence-corrected chi connectivity index (χ0v) is 23.5. The summed E-state index contributed by atoms with van der Waals surface area (Å²) in [6.07, 6.45) is 8.29. The van der Waals surface area contributed by atoms with Gasteiger partial charge in [-0.25, -0.2) is 9.78 Å². The van der Waals surface area contributed by atoms with Crippen LogP contribution in [0.1, 0.15) is 44.9 Å². The summed E-state index contributed by atoms with van der Waals surface area (Å²) in [7, 11) is 0. The number of rotatable bonds is 5. The van der Waals surface area contributed by atoms with E-state index in [2.05, 4.69) is 15.6 Å². The smallest absolute Gasteiger partial charge is 0.330 e.